The second-order valence-electron chi connectivity index (χ2n) is 2.82. The predicted molar refractivity (Wildman–Crippen MR) is 42.2 cm³/mol. The van der Waals surface area contributed by atoms with Crippen molar-refractivity contribution in [1.82, 2.24) is 0 Å². The van der Waals surface area contributed by atoms with Gasteiger partial charge in [0.2, 0.25) is 5.69 Å². The number of rotatable bonds is 2. The maximum absolute atomic E-state index is 12.9. The van der Waals surface area contributed by atoms with Gasteiger partial charge >= 0.3 is 6.18 Å². The first-order valence-corrected chi connectivity index (χ1v) is 4.16. The largest absolute Gasteiger partial charge is 0.429 e. The Balaban J connectivity index is 3.06. The minimum absolute atomic E-state index is 0.312. The zero-order valence-electron chi connectivity index (χ0n) is 7.55. The lowest BCUT2D eigenvalue weighted by molar-refractivity contribution is -0.705. The number of nitrogens with zero attached hydrogens (tertiary/aromatic N) is 1. The fourth-order valence-corrected chi connectivity index (χ4v) is 1.18. The van der Waals surface area contributed by atoms with Gasteiger partial charge < -0.3 is 0 Å². The van der Waals surface area contributed by atoms with Crippen LogP contribution in [0.5, 0.6) is 0 Å². The lowest BCUT2D eigenvalue weighted by Crippen LogP contribution is -2.40. The summed E-state index contributed by atoms with van der Waals surface area (Å²) in [6.07, 6.45) is -6.32. The number of alkyl halides is 4. The highest BCUT2D eigenvalue weighted by Crippen LogP contribution is 2.33. The summed E-state index contributed by atoms with van der Waals surface area (Å²) in [5.41, 5.74) is -0.359. The molecule has 0 aliphatic heterocycles. The lowest BCUT2D eigenvalue weighted by atomic mass is 10.2. The fraction of sp³-hybridized carbons (Fsp3) is 0.444. The minimum Gasteiger partial charge on any atom is -0.225 e. The first-order chi connectivity index (χ1) is 6.46. The molecule has 0 saturated carbocycles. The molecule has 5 heteroatoms. The van der Waals surface area contributed by atoms with Crippen molar-refractivity contribution in [3.8, 4) is 0 Å². The van der Waals surface area contributed by atoms with E-state index in [2.05, 4.69) is 0 Å². The Bertz CT molecular complexity index is 308. The van der Waals surface area contributed by atoms with Crippen molar-refractivity contribution in [2.45, 2.75) is 25.8 Å². The standard InChI is InChI=1S/C9H10F4N/c1-2-14-6-4-3-5-7(14)8(10)9(11,12)13/h3-6,8H,2H2,1H3/q+1. The Morgan fingerprint density at radius 1 is 1.36 bits per heavy atom. The summed E-state index contributed by atoms with van der Waals surface area (Å²) in [4.78, 5) is 0. The van der Waals surface area contributed by atoms with Crippen LogP contribution in [-0.4, -0.2) is 6.18 Å². The molecule has 1 heterocycles. The highest BCUT2D eigenvalue weighted by molar-refractivity contribution is 5.02. The molecule has 0 aliphatic carbocycles. The van der Waals surface area contributed by atoms with Gasteiger partial charge in [-0.25, -0.2) is 4.39 Å². The summed E-state index contributed by atoms with van der Waals surface area (Å²) in [7, 11) is 0. The monoisotopic (exact) mass is 208 g/mol. The van der Waals surface area contributed by atoms with Gasteiger partial charge in [0.1, 0.15) is 6.54 Å². The first-order valence-electron chi connectivity index (χ1n) is 4.16. The molecule has 0 aromatic carbocycles. The van der Waals surface area contributed by atoms with Gasteiger partial charge in [-0.3, -0.25) is 0 Å². The summed E-state index contributed by atoms with van der Waals surface area (Å²) < 4.78 is 50.4. The molecule has 0 aliphatic rings. The number of hydrogen-bond acceptors (Lipinski definition) is 0. The third-order valence-corrected chi connectivity index (χ3v) is 1.86. The van der Waals surface area contributed by atoms with Crippen molar-refractivity contribution in [1.29, 1.82) is 0 Å². The van der Waals surface area contributed by atoms with Crippen LogP contribution in [0.4, 0.5) is 17.6 Å². The van der Waals surface area contributed by atoms with Gasteiger partial charge in [-0.1, -0.05) is 0 Å². The van der Waals surface area contributed by atoms with E-state index in [1.807, 2.05) is 0 Å². The number of hydrogen-bond donors (Lipinski definition) is 0. The van der Waals surface area contributed by atoms with Gasteiger partial charge in [0.15, 0.2) is 6.20 Å². The van der Waals surface area contributed by atoms with Gasteiger partial charge in [-0.2, -0.15) is 17.7 Å². The molecule has 1 rings (SSSR count). The number of pyridine rings is 1. The SMILES string of the molecule is CC[n+]1ccccc1C(F)C(F)(F)F. The molecule has 0 spiro atoms. The number of aromatic nitrogens is 1. The molecule has 1 unspecified atom stereocenters. The molecule has 0 bridgehead atoms. The van der Waals surface area contributed by atoms with Crippen LogP contribution in [0.3, 0.4) is 0 Å². The molecule has 0 saturated heterocycles. The Kier molecular flexibility index (Phi) is 3.08. The summed E-state index contributed by atoms with van der Waals surface area (Å²) in [6, 6.07) is 4.09. The summed E-state index contributed by atoms with van der Waals surface area (Å²) in [6.45, 7) is 1.97. The molecule has 14 heavy (non-hydrogen) atoms. The molecule has 0 N–H and O–H groups in total. The molecule has 0 radical (unpaired) electrons. The van der Waals surface area contributed by atoms with E-state index < -0.39 is 12.3 Å². The molecule has 1 nitrogen and oxygen atoms in total. The third-order valence-electron chi connectivity index (χ3n) is 1.86. The van der Waals surface area contributed by atoms with E-state index in [1.165, 1.54) is 16.8 Å². The maximum atomic E-state index is 12.9. The van der Waals surface area contributed by atoms with E-state index in [1.54, 1.807) is 13.0 Å². The van der Waals surface area contributed by atoms with Crippen molar-refractivity contribution >= 4 is 0 Å². The van der Waals surface area contributed by atoms with Crippen molar-refractivity contribution in [3.63, 3.8) is 0 Å². The van der Waals surface area contributed by atoms with E-state index in [0.29, 0.717) is 6.54 Å². The van der Waals surface area contributed by atoms with Crippen LogP contribution in [-0.2, 0) is 6.54 Å². The Morgan fingerprint density at radius 3 is 2.50 bits per heavy atom. The highest BCUT2D eigenvalue weighted by Gasteiger charge is 2.46. The topological polar surface area (TPSA) is 3.88 Å². The van der Waals surface area contributed by atoms with Crippen LogP contribution < -0.4 is 4.57 Å². The van der Waals surface area contributed by atoms with Gasteiger partial charge in [0.05, 0.1) is 0 Å². The van der Waals surface area contributed by atoms with Gasteiger partial charge in [0, 0.05) is 12.1 Å². The van der Waals surface area contributed by atoms with Crippen LogP contribution in [0.1, 0.15) is 18.8 Å². The van der Waals surface area contributed by atoms with Gasteiger partial charge in [-0.05, 0) is 13.0 Å². The van der Waals surface area contributed by atoms with Crippen LogP contribution in [0.15, 0.2) is 24.4 Å². The maximum Gasteiger partial charge on any atom is 0.429 e. The van der Waals surface area contributed by atoms with E-state index in [0.717, 1.165) is 6.07 Å². The zero-order chi connectivity index (χ0) is 10.8. The molecular formula is C9H10F4N+. The van der Waals surface area contributed by atoms with Crippen molar-refractivity contribution in [2.75, 3.05) is 0 Å². The molecule has 1 aromatic rings. The average Bonchev–Trinajstić information content (AvgIpc) is 2.15. The van der Waals surface area contributed by atoms with Crippen molar-refractivity contribution in [2.24, 2.45) is 0 Å². The second-order valence-corrected chi connectivity index (χ2v) is 2.82. The summed E-state index contributed by atoms with van der Waals surface area (Å²) >= 11 is 0. The van der Waals surface area contributed by atoms with Crippen molar-refractivity contribution < 1.29 is 22.1 Å². The average molecular weight is 208 g/mol. The van der Waals surface area contributed by atoms with Crippen LogP contribution in [0.25, 0.3) is 0 Å². The molecule has 1 aromatic heterocycles. The van der Waals surface area contributed by atoms with E-state index in [-0.39, 0.29) is 5.69 Å². The quantitative estimate of drug-likeness (QED) is 0.519. The van der Waals surface area contributed by atoms with Gasteiger partial charge in [-0.15, -0.1) is 0 Å². The van der Waals surface area contributed by atoms with Gasteiger partial charge in [0.25, 0.3) is 6.17 Å². The molecule has 1 atom stereocenters. The van der Waals surface area contributed by atoms with Crippen molar-refractivity contribution in [3.05, 3.63) is 30.1 Å². The second kappa shape index (κ2) is 3.94. The summed E-state index contributed by atoms with van der Waals surface area (Å²) in [5.74, 6) is 0. The fourth-order valence-electron chi connectivity index (χ4n) is 1.18. The Morgan fingerprint density at radius 2 is 2.00 bits per heavy atom. The number of aryl methyl sites for hydroxylation is 1. The number of halogens is 4. The Labute approximate surface area is 79.0 Å². The lowest BCUT2D eigenvalue weighted by Gasteiger charge is -2.10. The normalized spacial score (nSPS) is 14.1. The first kappa shape index (κ1) is 10.9. The van der Waals surface area contributed by atoms with Crippen LogP contribution in [0, 0.1) is 0 Å². The van der Waals surface area contributed by atoms with E-state index >= 15 is 0 Å². The van der Waals surface area contributed by atoms with Crippen LogP contribution in [0.2, 0.25) is 0 Å². The van der Waals surface area contributed by atoms with E-state index in [9.17, 15) is 17.6 Å². The van der Waals surface area contributed by atoms with E-state index in [4.69, 9.17) is 0 Å². The van der Waals surface area contributed by atoms with Crippen LogP contribution >= 0.6 is 0 Å². The zero-order valence-corrected chi connectivity index (χ0v) is 7.55. The summed E-state index contributed by atoms with van der Waals surface area (Å²) in [5, 5.41) is 0. The molecular weight excluding hydrogens is 198 g/mol. The molecule has 0 fully saturated rings. The predicted octanol–water partition coefficient (Wildman–Crippen LogP) is 2.57. The molecule has 78 valence electrons. The highest BCUT2D eigenvalue weighted by atomic mass is 19.4. The third kappa shape index (κ3) is 2.21. The molecule has 0 amide bonds. The smallest absolute Gasteiger partial charge is 0.225 e. The Hall–Kier alpha value is -1.13. The minimum atomic E-state index is -4.84.